The van der Waals surface area contributed by atoms with Gasteiger partial charge in [0.1, 0.15) is 0 Å². The second kappa shape index (κ2) is 6.21. The van der Waals surface area contributed by atoms with Crippen LogP contribution in [0, 0.1) is 27.2 Å². The molecule has 1 N–H and O–H groups in total. The lowest BCUT2D eigenvalue weighted by atomic mass is 10.1. The van der Waals surface area contributed by atoms with E-state index in [9.17, 15) is 20.2 Å². The van der Waals surface area contributed by atoms with Crippen LogP contribution in [0.4, 0.5) is 17.1 Å². The van der Waals surface area contributed by atoms with Crippen molar-refractivity contribution in [1.82, 2.24) is 0 Å². The molecule has 0 spiro atoms. The van der Waals surface area contributed by atoms with Gasteiger partial charge in [-0.15, -0.1) is 0 Å². The number of hydrogen-bond acceptors (Lipinski definition) is 5. The van der Waals surface area contributed by atoms with Crippen molar-refractivity contribution >= 4 is 17.1 Å². The molecule has 0 saturated carbocycles. The summed E-state index contributed by atoms with van der Waals surface area (Å²) < 4.78 is 0. The second-order valence-corrected chi connectivity index (χ2v) is 4.97. The fourth-order valence-corrected chi connectivity index (χ4v) is 2.23. The Hall–Kier alpha value is -2.96. The van der Waals surface area contributed by atoms with Crippen LogP contribution in [0.1, 0.15) is 24.1 Å². The molecular formula is C15H15N3O4. The number of benzene rings is 2. The van der Waals surface area contributed by atoms with Crippen molar-refractivity contribution in [2.24, 2.45) is 0 Å². The highest BCUT2D eigenvalue weighted by molar-refractivity contribution is 5.75. The van der Waals surface area contributed by atoms with Crippen molar-refractivity contribution in [3.05, 3.63) is 73.8 Å². The van der Waals surface area contributed by atoms with Crippen molar-refractivity contribution in [3.63, 3.8) is 0 Å². The Morgan fingerprint density at radius 1 is 1.00 bits per heavy atom. The fraction of sp³-hybridized carbons (Fsp3) is 0.200. The number of rotatable bonds is 5. The van der Waals surface area contributed by atoms with Crippen LogP contribution >= 0.6 is 0 Å². The summed E-state index contributed by atoms with van der Waals surface area (Å²) in [4.78, 5) is 21.2. The maximum Gasteiger partial charge on any atom is 0.299 e. The van der Waals surface area contributed by atoms with Crippen molar-refractivity contribution in [3.8, 4) is 0 Å². The number of nitrogens with zero attached hydrogens (tertiary/aromatic N) is 2. The molecule has 0 aromatic heterocycles. The first-order valence-electron chi connectivity index (χ1n) is 6.65. The lowest BCUT2D eigenvalue weighted by Gasteiger charge is -2.16. The zero-order valence-electron chi connectivity index (χ0n) is 12.1. The number of nitro groups is 2. The van der Waals surface area contributed by atoms with Gasteiger partial charge >= 0.3 is 0 Å². The summed E-state index contributed by atoms with van der Waals surface area (Å²) >= 11 is 0. The Balaban J connectivity index is 2.49. The van der Waals surface area contributed by atoms with Gasteiger partial charge in [0, 0.05) is 18.2 Å². The molecule has 0 aliphatic heterocycles. The molecule has 0 aliphatic rings. The van der Waals surface area contributed by atoms with E-state index in [0.717, 1.165) is 5.56 Å². The Morgan fingerprint density at radius 2 is 1.50 bits per heavy atom. The average molecular weight is 301 g/mol. The molecule has 0 fully saturated rings. The summed E-state index contributed by atoms with van der Waals surface area (Å²) in [5.41, 5.74) is 0.684. The summed E-state index contributed by atoms with van der Waals surface area (Å²) in [5, 5.41) is 25.3. The van der Waals surface area contributed by atoms with Crippen LogP contribution in [0.2, 0.25) is 0 Å². The Labute approximate surface area is 126 Å². The second-order valence-electron chi connectivity index (χ2n) is 4.97. The minimum Gasteiger partial charge on any atom is -0.367 e. The minimum absolute atomic E-state index is 0.0723. The monoisotopic (exact) mass is 301 g/mol. The normalized spacial score (nSPS) is 11.7. The molecule has 0 saturated heterocycles. The van der Waals surface area contributed by atoms with Crippen LogP contribution in [0.5, 0.6) is 0 Å². The molecule has 0 aliphatic carbocycles. The van der Waals surface area contributed by atoms with E-state index in [-0.39, 0.29) is 23.1 Å². The third-order valence-electron chi connectivity index (χ3n) is 3.29. The lowest BCUT2D eigenvalue weighted by molar-refractivity contribution is -0.392. The van der Waals surface area contributed by atoms with Gasteiger partial charge in [-0.25, -0.2) is 0 Å². The minimum atomic E-state index is -0.611. The van der Waals surface area contributed by atoms with E-state index < -0.39 is 9.85 Å². The van der Waals surface area contributed by atoms with Gasteiger partial charge in [0.05, 0.1) is 9.85 Å². The molecule has 114 valence electrons. The van der Waals surface area contributed by atoms with E-state index in [1.54, 1.807) is 13.8 Å². The van der Waals surface area contributed by atoms with E-state index in [1.165, 1.54) is 12.1 Å². The topological polar surface area (TPSA) is 98.3 Å². The van der Waals surface area contributed by atoms with Crippen molar-refractivity contribution in [1.29, 1.82) is 0 Å². The maximum atomic E-state index is 11.2. The zero-order chi connectivity index (χ0) is 16.3. The first-order valence-corrected chi connectivity index (χ1v) is 6.65. The van der Waals surface area contributed by atoms with Gasteiger partial charge in [-0.05, 0) is 25.0 Å². The molecule has 7 nitrogen and oxygen atoms in total. The SMILES string of the molecule is Cc1cc([N+](=O)[O-])c(N[C@@H](C)c2ccccc2)c([N+](=O)[O-])c1. The molecule has 22 heavy (non-hydrogen) atoms. The van der Waals surface area contributed by atoms with Crippen LogP contribution in [0.25, 0.3) is 0 Å². The number of aryl methyl sites for hydroxylation is 1. The molecule has 0 unspecified atom stereocenters. The number of nitro benzene ring substituents is 2. The first kappa shape index (κ1) is 15.4. The zero-order valence-corrected chi connectivity index (χ0v) is 12.1. The van der Waals surface area contributed by atoms with Gasteiger partial charge in [-0.1, -0.05) is 30.3 Å². The average Bonchev–Trinajstić information content (AvgIpc) is 2.48. The van der Waals surface area contributed by atoms with Gasteiger partial charge in [0.25, 0.3) is 11.4 Å². The van der Waals surface area contributed by atoms with Crippen molar-refractivity contribution in [2.45, 2.75) is 19.9 Å². The van der Waals surface area contributed by atoms with Crippen LogP contribution in [0.3, 0.4) is 0 Å². The molecule has 0 amide bonds. The third-order valence-corrected chi connectivity index (χ3v) is 3.29. The van der Waals surface area contributed by atoms with Gasteiger partial charge in [0.2, 0.25) is 0 Å². The van der Waals surface area contributed by atoms with E-state index in [2.05, 4.69) is 5.32 Å². The van der Waals surface area contributed by atoms with Crippen LogP contribution in [0.15, 0.2) is 42.5 Å². The van der Waals surface area contributed by atoms with E-state index >= 15 is 0 Å². The molecule has 1 atom stereocenters. The Bertz CT molecular complexity index is 681. The Morgan fingerprint density at radius 3 is 1.95 bits per heavy atom. The summed E-state index contributed by atoms with van der Waals surface area (Å²) in [5.74, 6) is 0. The highest BCUT2D eigenvalue weighted by Gasteiger charge is 2.27. The lowest BCUT2D eigenvalue weighted by Crippen LogP contribution is -2.10. The van der Waals surface area contributed by atoms with Gasteiger partial charge in [0.15, 0.2) is 5.69 Å². The quantitative estimate of drug-likeness (QED) is 0.665. The number of nitrogens with one attached hydrogen (secondary N) is 1. The fourth-order valence-electron chi connectivity index (χ4n) is 2.23. The predicted octanol–water partition coefficient (Wildman–Crippen LogP) is 3.98. The van der Waals surface area contributed by atoms with E-state index in [1.807, 2.05) is 30.3 Å². The molecule has 2 aromatic rings. The highest BCUT2D eigenvalue weighted by atomic mass is 16.6. The maximum absolute atomic E-state index is 11.2. The largest absolute Gasteiger partial charge is 0.367 e. The van der Waals surface area contributed by atoms with Crippen LogP contribution in [-0.4, -0.2) is 9.85 Å². The summed E-state index contributed by atoms with van der Waals surface area (Å²) in [6.45, 7) is 3.38. The molecule has 0 bridgehead atoms. The molecule has 0 radical (unpaired) electrons. The van der Waals surface area contributed by atoms with Gasteiger partial charge in [-0.2, -0.15) is 0 Å². The van der Waals surface area contributed by atoms with Crippen molar-refractivity contribution < 1.29 is 9.85 Å². The molecule has 2 aromatic carbocycles. The third kappa shape index (κ3) is 3.20. The highest BCUT2D eigenvalue weighted by Crippen LogP contribution is 2.37. The van der Waals surface area contributed by atoms with Gasteiger partial charge < -0.3 is 5.32 Å². The molecular weight excluding hydrogens is 286 g/mol. The van der Waals surface area contributed by atoms with Crippen LogP contribution in [-0.2, 0) is 0 Å². The summed E-state index contributed by atoms with van der Waals surface area (Å²) in [6.07, 6.45) is 0. The van der Waals surface area contributed by atoms with Gasteiger partial charge in [-0.3, -0.25) is 20.2 Å². The standard InChI is InChI=1S/C15H15N3O4/c1-10-8-13(17(19)20)15(14(9-10)18(21)22)16-11(2)12-6-4-3-5-7-12/h3-9,11,16H,1-2H3/t11-/m0/s1. The summed E-state index contributed by atoms with van der Waals surface area (Å²) in [7, 11) is 0. The number of hydrogen-bond donors (Lipinski definition) is 1. The summed E-state index contributed by atoms with van der Waals surface area (Å²) in [6, 6.07) is 11.6. The van der Waals surface area contributed by atoms with E-state index in [0.29, 0.717) is 5.56 Å². The molecule has 0 heterocycles. The Kier molecular flexibility index (Phi) is 4.36. The van der Waals surface area contributed by atoms with Crippen LogP contribution < -0.4 is 5.32 Å². The van der Waals surface area contributed by atoms with E-state index in [4.69, 9.17) is 0 Å². The smallest absolute Gasteiger partial charge is 0.299 e. The predicted molar refractivity (Wildman–Crippen MR) is 83.0 cm³/mol. The first-order chi connectivity index (χ1) is 10.4. The molecule has 7 heteroatoms. The van der Waals surface area contributed by atoms with Crippen molar-refractivity contribution in [2.75, 3.05) is 5.32 Å². The number of anilines is 1. The molecule has 2 rings (SSSR count).